The lowest BCUT2D eigenvalue weighted by atomic mass is 9.48. The van der Waals surface area contributed by atoms with Crippen molar-refractivity contribution in [3.05, 3.63) is 47.7 Å². The molecule has 2 aromatic rings. The second-order valence-electron chi connectivity index (χ2n) is 10.0. The zero-order valence-electron chi connectivity index (χ0n) is 19.2. The highest BCUT2D eigenvalue weighted by molar-refractivity contribution is 7.90. The maximum atomic E-state index is 12.5. The Labute approximate surface area is 202 Å². The highest BCUT2D eigenvalue weighted by Gasteiger charge is 2.55. The Morgan fingerprint density at radius 1 is 1.26 bits per heavy atom. The molecule has 4 fully saturated rings. The number of carbonyl (C=O) groups is 1. The van der Waals surface area contributed by atoms with Gasteiger partial charge in [-0.25, -0.2) is 4.79 Å². The van der Waals surface area contributed by atoms with Crippen LogP contribution in [0.4, 0.5) is 10.6 Å². The summed E-state index contributed by atoms with van der Waals surface area (Å²) in [5.74, 6) is 1.98. The van der Waals surface area contributed by atoms with Crippen LogP contribution in [0.3, 0.4) is 0 Å². The van der Waals surface area contributed by atoms with Crippen molar-refractivity contribution >= 4 is 23.1 Å². The highest BCUT2D eigenvalue weighted by Crippen LogP contribution is 2.60. The molecular formula is C25H29N5O3S. The Balaban J connectivity index is 1.22. The van der Waals surface area contributed by atoms with E-state index in [1.165, 1.54) is 12.5 Å². The smallest absolute Gasteiger partial charge is 0.407 e. The Morgan fingerprint density at radius 2 is 2.00 bits per heavy atom. The molecule has 0 spiro atoms. The van der Waals surface area contributed by atoms with Crippen LogP contribution in [0, 0.1) is 34.5 Å². The standard InChI is InChI=1S/C25H29N5O3S/c1-34(32)23-27-13-20(12-26)22(30-23)28-15-25-9-17-7-18(10-25)21(19(8-17)11-25)29-24(31)33-14-16-5-3-2-4-6-16/h2-6,13,17-19,21H,7-11,14-15H2,1H3,(H,29,31)(H,27,28,30)/t17?,18-,19+,21-,25-,34?. The van der Waals surface area contributed by atoms with E-state index in [1.807, 2.05) is 30.3 Å². The second kappa shape index (κ2) is 9.43. The van der Waals surface area contributed by atoms with Crippen molar-refractivity contribution in [1.82, 2.24) is 15.3 Å². The third-order valence-electron chi connectivity index (χ3n) is 7.67. The van der Waals surface area contributed by atoms with Crippen molar-refractivity contribution in [2.24, 2.45) is 23.2 Å². The van der Waals surface area contributed by atoms with E-state index in [0.717, 1.165) is 37.7 Å². The molecule has 1 aromatic carbocycles. The molecule has 0 radical (unpaired) electrons. The lowest BCUT2D eigenvalue weighted by Crippen LogP contribution is -2.60. The van der Waals surface area contributed by atoms with Crippen molar-refractivity contribution in [2.75, 3.05) is 18.1 Å². The van der Waals surface area contributed by atoms with Crippen molar-refractivity contribution in [3.63, 3.8) is 0 Å². The van der Waals surface area contributed by atoms with Gasteiger partial charge in [0, 0.05) is 23.8 Å². The van der Waals surface area contributed by atoms with Gasteiger partial charge in [0.1, 0.15) is 24.5 Å². The van der Waals surface area contributed by atoms with E-state index >= 15 is 0 Å². The minimum absolute atomic E-state index is 0.117. The SMILES string of the molecule is C[S+]([O-])c1ncc(C#N)c(NC[C@]23CC4C[C@H](C2)[C@@H](NC(=O)OCc2ccccc2)[C@@H](C4)C3)n1. The fourth-order valence-corrected chi connectivity index (χ4v) is 6.96. The molecule has 6 rings (SSSR count). The number of aromatic nitrogens is 2. The van der Waals surface area contributed by atoms with Gasteiger partial charge in [0.15, 0.2) is 5.82 Å². The van der Waals surface area contributed by atoms with Crippen LogP contribution in [0.5, 0.6) is 0 Å². The van der Waals surface area contributed by atoms with Gasteiger partial charge in [-0.3, -0.25) is 0 Å². The lowest BCUT2D eigenvalue weighted by molar-refractivity contribution is -0.0683. The molecule has 1 heterocycles. The predicted molar refractivity (Wildman–Crippen MR) is 127 cm³/mol. The first-order valence-electron chi connectivity index (χ1n) is 11.8. The first kappa shape index (κ1) is 22.9. The largest absolute Gasteiger partial charge is 0.609 e. The Kier molecular flexibility index (Phi) is 6.36. The molecule has 0 aliphatic heterocycles. The molecule has 1 aromatic heterocycles. The minimum atomic E-state index is -1.31. The summed E-state index contributed by atoms with van der Waals surface area (Å²) in [5, 5.41) is 16.2. The highest BCUT2D eigenvalue weighted by atomic mass is 32.2. The van der Waals surface area contributed by atoms with Crippen LogP contribution in [0.15, 0.2) is 41.7 Å². The summed E-state index contributed by atoms with van der Waals surface area (Å²) in [6.45, 7) is 0.985. The number of hydrogen-bond acceptors (Lipinski definition) is 7. The third kappa shape index (κ3) is 4.70. The van der Waals surface area contributed by atoms with Crippen LogP contribution in [0.1, 0.15) is 43.2 Å². The number of rotatable bonds is 7. The second-order valence-corrected chi connectivity index (χ2v) is 11.3. The van der Waals surface area contributed by atoms with Crippen LogP contribution >= 0.6 is 0 Å². The summed E-state index contributed by atoms with van der Waals surface area (Å²) in [6.07, 6.45) is 8.10. The van der Waals surface area contributed by atoms with Crippen molar-refractivity contribution in [2.45, 2.75) is 49.9 Å². The normalized spacial score (nSPS) is 29.8. The minimum Gasteiger partial charge on any atom is -0.609 e. The molecule has 2 unspecified atom stereocenters. The van der Waals surface area contributed by atoms with E-state index < -0.39 is 11.2 Å². The van der Waals surface area contributed by atoms with E-state index in [2.05, 4.69) is 26.7 Å². The van der Waals surface area contributed by atoms with Gasteiger partial charge in [-0.15, -0.1) is 0 Å². The molecule has 8 nitrogen and oxygen atoms in total. The molecule has 4 aliphatic rings. The van der Waals surface area contributed by atoms with Gasteiger partial charge in [0.05, 0.1) is 6.20 Å². The van der Waals surface area contributed by atoms with Gasteiger partial charge >= 0.3 is 11.2 Å². The summed E-state index contributed by atoms with van der Waals surface area (Å²) in [6, 6.07) is 12.0. The molecule has 178 valence electrons. The number of amides is 1. The van der Waals surface area contributed by atoms with Gasteiger partial charge in [0.2, 0.25) is 0 Å². The van der Waals surface area contributed by atoms with Crippen LogP contribution in [0.25, 0.3) is 0 Å². The van der Waals surface area contributed by atoms with Gasteiger partial charge in [0.25, 0.3) is 0 Å². The Bertz CT molecular complexity index is 1070. The summed E-state index contributed by atoms with van der Waals surface area (Å²) < 4.78 is 17.3. The quantitative estimate of drug-likeness (QED) is 0.459. The molecule has 34 heavy (non-hydrogen) atoms. The number of nitrogens with zero attached hydrogens (tertiary/aromatic N) is 3. The number of nitrogens with one attached hydrogen (secondary N) is 2. The number of hydrogen-bond donors (Lipinski definition) is 2. The number of ether oxygens (including phenoxy) is 1. The molecule has 0 saturated heterocycles. The van der Waals surface area contributed by atoms with Crippen LogP contribution in [-0.4, -0.2) is 39.5 Å². The van der Waals surface area contributed by atoms with Gasteiger partial charge in [-0.05, 0) is 60.8 Å². The van der Waals surface area contributed by atoms with E-state index in [-0.39, 0.29) is 29.3 Å². The molecule has 4 aliphatic carbocycles. The first-order chi connectivity index (χ1) is 16.4. The van der Waals surface area contributed by atoms with Gasteiger partial charge < -0.3 is 19.9 Å². The average Bonchev–Trinajstić information content (AvgIpc) is 2.83. The molecule has 4 bridgehead atoms. The molecular weight excluding hydrogens is 450 g/mol. The molecule has 9 heteroatoms. The van der Waals surface area contributed by atoms with Crippen LogP contribution in [0.2, 0.25) is 0 Å². The zero-order valence-corrected chi connectivity index (χ0v) is 20.0. The average molecular weight is 480 g/mol. The van der Waals surface area contributed by atoms with Gasteiger partial charge in [-0.1, -0.05) is 30.3 Å². The van der Waals surface area contributed by atoms with Crippen LogP contribution < -0.4 is 10.6 Å². The fourth-order valence-electron chi connectivity index (χ4n) is 6.54. The number of carbonyl (C=O) groups excluding carboxylic acids is 1. The van der Waals surface area contributed by atoms with E-state index in [9.17, 15) is 14.6 Å². The predicted octanol–water partition coefficient (Wildman–Crippen LogP) is 3.62. The molecule has 6 atom stereocenters. The van der Waals surface area contributed by atoms with Crippen LogP contribution in [-0.2, 0) is 22.5 Å². The number of alkyl carbamates (subject to hydrolysis) is 1. The number of nitriles is 1. The Hall–Kier alpha value is -2.83. The number of benzene rings is 1. The molecule has 1 amide bonds. The zero-order chi connectivity index (χ0) is 23.7. The summed E-state index contributed by atoms with van der Waals surface area (Å²) in [7, 11) is 0. The van der Waals surface area contributed by atoms with Crippen molar-refractivity contribution in [1.29, 1.82) is 5.26 Å². The fraction of sp³-hybridized carbons (Fsp3) is 0.520. The maximum Gasteiger partial charge on any atom is 0.407 e. The van der Waals surface area contributed by atoms with E-state index in [1.54, 1.807) is 0 Å². The maximum absolute atomic E-state index is 12.5. The lowest BCUT2D eigenvalue weighted by Gasteiger charge is -2.60. The summed E-state index contributed by atoms with van der Waals surface area (Å²) in [4.78, 5) is 20.9. The first-order valence-corrected chi connectivity index (χ1v) is 13.3. The van der Waals surface area contributed by atoms with E-state index in [0.29, 0.717) is 35.7 Å². The number of anilines is 1. The summed E-state index contributed by atoms with van der Waals surface area (Å²) in [5.41, 5.74) is 1.45. The third-order valence-corrected chi connectivity index (χ3v) is 8.38. The molecule has 2 N–H and O–H groups in total. The topological polar surface area (TPSA) is 123 Å². The Morgan fingerprint density at radius 3 is 2.68 bits per heavy atom. The van der Waals surface area contributed by atoms with Gasteiger partial charge in [-0.2, -0.15) is 15.2 Å². The summed E-state index contributed by atoms with van der Waals surface area (Å²) >= 11 is -1.31. The molecule has 4 saturated carbocycles. The van der Waals surface area contributed by atoms with Crippen molar-refractivity contribution in [3.8, 4) is 6.07 Å². The monoisotopic (exact) mass is 479 g/mol. The van der Waals surface area contributed by atoms with E-state index in [4.69, 9.17) is 4.74 Å². The van der Waals surface area contributed by atoms with Crippen molar-refractivity contribution < 1.29 is 14.1 Å².